The van der Waals surface area contributed by atoms with Crippen LogP contribution in [0.15, 0.2) is 37.1 Å². The Hall–Kier alpha value is -2.08. The first-order valence-electron chi connectivity index (χ1n) is 3.99. The van der Waals surface area contributed by atoms with Gasteiger partial charge >= 0.3 is 17.9 Å². The van der Waals surface area contributed by atoms with Crippen molar-refractivity contribution >= 4 is 30.3 Å². The highest BCUT2D eigenvalue weighted by Crippen LogP contribution is 1.77. The SMILES string of the molecule is C=CC=COC(C)=O.Cl.O=C(O)/C=C\C(=O)O. The molecule has 0 spiro atoms. The molecule has 0 bridgehead atoms. The van der Waals surface area contributed by atoms with Crippen LogP contribution in [-0.4, -0.2) is 28.1 Å². The van der Waals surface area contributed by atoms with Crippen LogP contribution in [0.1, 0.15) is 6.92 Å². The highest BCUT2D eigenvalue weighted by molar-refractivity contribution is 5.89. The number of carboxylic acids is 2. The van der Waals surface area contributed by atoms with E-state index < -0.39 is 11.9 Å². The molecule has 6 nitrogen and oxygen atoms in total. The molecule has 0 saturated carbocycles. The molecule has 17 heavy (non-hydrogen) atoms. The van der Waals surface area contributed by atoms with Crippen LogP contribution in [0.4, 0.5) is 0 Å². The third-order valence-corrected chi connectivity index (χ3v) is 0.817. The van der Waals surface area contributed by atoms with Crippen LogP contribution in [0.5, 0.6) is 0 Å². The molecule has 0 rings (SSSR count). The predicted octanol–water partition coefficient (Wildman–Crippen LogP) is 1.38. The molecule has 96 valence electrons. The van der Waals surface area contributed by atoms with Crippen molar-refractivity contribution in [3.8, 4) is 0 Å². The number of carbonyl (C=O) groups is 3. The van der Waals surface area contributed by atoms with Crippen molar-refractivity contribution in [1.82, 2.24) is 0 Å². The summed E-state index contributed by atoms with van der Waals surface area (Å²) in [6.07, 6.45) is 5.48. The van der Waals surface area contributed by atoms with Gasteiger partial charge in [0.2, 0.25) is 0 Å². The van der Waals surface area contributed by atoms with Crippen LogP contribution >= 0.6 is 12.4 Å². The maximum Gasteiger partial charge on any atom is 0.328 e. The van der Waals surface area contributed by atoms with Gasteiger partial charge in [-0.15, -0.1) is 12.4 Å². The zero-order chi connectivity index (χ0) is 13.0. The molecular weight excluding hydrogens is 252 g/mol. The van der Waals surface area contributed by atoms with E-state index in [0.29, 0.717) is 12.2 Å². The van der Waals surface area contributed by atoms with E-state index in [9.17, 15) is 14.4 Å². The topological polar surface area (TPSA) is 101 Å². The molecule has 0 unspecified atom stereocenters. The van der Waals surface area contributed by atoms with E-state index >= 15 is 0 Å². The van der Waals surface area contributed by atoms with E-state index in [1.54, 1.807) is 6.08 Å². The first kappa shape index (κ1) is 20.3. The minimum atomic E-state index is -1.26. The summed E-state index contributed by atoms with van der Waals surface area (Å²) in [6.45, 7) is 4.72. The number of halogens is 1. The summed E-state index contributed by atoms with van der Waals surface area (Å²) in [6, 6.07) is 0. The van der Waals surface area contributed by atoms with E-state index in [-0.39, 0.29) is 18.4 Å². The standard InChI is InChI=1S/C6H8O2.C4H4O4.ClH/c1-3-4-5-8-6(2)7;5-3(6)1-2-4(7)8;/h3-5H,1H2,2H3;1-2H,(H,5,6)(H,7,8);1H/b;2-1-;. The van der Waals surface area contributed by atoms with Gasteiger partial charge in [-0.3, -0.25) is 4.79 Å². The monoisotopic (exact) mass is 264 g/mol. The number of esters is 1. The number of allylic oxidation sites excluding steroid dienone is 2. The highest BCUT2D eigenvalue weighted by atomic mass is 35.5. The summed E-state index contributed by atoms with van der Waals surface area (Å²) in [5.41, 5.74) is 0. The van der Waals surface area contributed by atoms with Crippen molar-refractivity contribution in [2.45, 2.75) is 6.92 Å². The Morgan fingerprint density at radius 1 is 1.12 bits per heavy atom. The van der Waals surface area contributed by atoms with Gasteiger partial charge in [0, 0.05) is 19.1 Å². The zero-order valence-corrected chi connectivity index (χ0v) is 9.85. The lowest BCUT2D eigenvalue weighted by molar-refractivity contribution is -0.135. The Balaban J connectivity index is -0.000000218. The molecule has 7 heteroatoms. The molecule has 0 aliphatic carbocycles. The fourth-order valence-electron chi connectivity index (χ4n) is 0.333. The second kappa shape index (κ2) is 13.9. The van der Waals surface area contributed by atoms with Crippen molar-refractivity contribution in [3.63, 3.8) is 0 Å². The molecule has 0 amide bonds. The van der Waals surface area contributed by atoms with Crippen molar-refractivity contribution < 1.29 is 29.3 Å². The smallest absolute Gasteiger partial charge is 0.328 e. The largest absolute Gasteiger partial charge is 0.478 e. The average Bonchev–Trinajstić information content (AvgIpc) is 2.16. The van der Waals surface area contributed by atoms with Gasteiger partial charge in [0.15, 0.2) is 0 Å². The average molecular weight is 265 g/mol. The zero-order valence-electron chi connectivity index (χ0n) is 9.03. The lowest BCUT2D eigenvalue weighted by atomic mass is 10.5. The maximum atomic E-state index is 10.0. The number of carboxylic acid groups (broad SMARTS) is 2. The molecule has 0 aromatic carbocycles. The summed E-state index contributed by atoms with van der Waals surface area (Å²) < 4.78 is 4.39. The molecular formula is C10H13ClO6. The molecule has 0 aliphatic rings. The third-order valence-electron chi connectivity index (χ3n) is 0.817. The summed E-state index contributed by atoms with van der Waals surface area (Å²) in [5, 5.41) is 15.6. The van der Waals surface area contributed by atoms with Gasteiger partial charge in [-0.2, -0.15) is 0 Å². The molecule has 0 aromatic rings. The molecule has 0 aliphatic heterocycles. The second-order valence-corrected chi connectivity index (χ2v) is 2.18. The molecule has 0 atom stereocenters. The number of ether oxygens (including phenoxy) is 1. The molecule has 0 aromatic heterocycles. The Morgan fingerprint density at radius 2 is 1.53 bits per heavy atom. The molecule has 2 N–H and O–H groups in total. The maximum absolute atomic E-state index is 10.0. The van der Waals surface area contributed by atoms with Crippen LogP contribution in [-0.2, 0) is 19.1 Å². The molecule has 0 radical (unpaired) electrons. The van der Waals surface area contributed by atoms with Gasteiger partial charge in [0.05, 0.1) is 6.26 Å². The number of carbonyl (C=O) groups excluding carboxylic acids is 1. The van der Waals surface area contributed by atoms with Gasteiger partial charge in [-0.1, -0.05) is 12.7 Å². The Bertz CT molecular complexity index is 303. The van der Waals surface area contributed by atoms with Gasteiger partial charge in [0.25, 0.3) is 0 Å². The molecule has 0 heterocycles. The first-order chi connectivity index (χ1) is 7.40. The molecule has 0 saturated heterocycles. The first-order valence-corrected chi connectivity index (χ1v) is 3.99. The van der Waals surface area contributed by atoms with E-state index in [1.165, 1.54) is 19.3 Å². The second-order valence-electron chi connectivity index (χ2n) is 2.18. The van der Waals surface area contributed by atoms with E-state index in [0.717, 1.165) is 0 Å². The lowest BCUT2D eigenvalue weighted by Gasteiger charge is -1.85. The summed E-state index contributed by atoms with van der Waals surface area (Å²) in [5.74, 6) is -2.83. The third kappa shape index (κ3) is 31.5. The molecule has 0 fully saturated rings. The van der Waals surface area contributed by atoms with Gasteiger partial charge in [-0.05, 0) is 6.08 Å². The van der Waals surface area contributed by atoms with E-state index in [2.05, 4.69) is 11.3 Å². The number of aliphatic carboxylic acids is 2. The van der Waals surface area contributed by atoms with Crippen molar-refractivity contribution in [1.29, 1.82) is 0 Å². The summed E-state index contributed by atoms with van der Waals surface area (Å²) in [4.78, 5) is 29.1. The Morgan fingerprint density at radius 3 is 1.76 bits per heavy atom. The van der Waals surface area contributed by atoms with Crippen LogP contribution in [0, 0.1) is 0 Å². The lowest BCUT2D eigenvalue weighted by Crippen LogP contribution is -1.91. The minimum Gasteiger partial charge on any atom is -0.478 e. The fraction of sp³-hybridized carbons (Fsp3) is 0.100. The van der Waals surface area contributed by atoms with Crippen molar-refractivity contribution in [3.05, 3.63) is 37.1 Å². The number of rotatable bonds is 4. The summed E-state index contributed by atoms with van der Waals surface area (Å²) in [7, 11) is 0. The van der Waals surface area contributed by atoms with Gasteiger partial charge in [-0.25, -0.2) is 9.59 Å². The van der Waals surface area contributed by atoms with Gasteiger partial charge in [0.1, 0.15) is 0 Å². The summed E-state index contributed by atoms with van der Waals surface area (Å²) >= 11 is 0. The van der Waals surface area contributed by atoms with E-state index in [1.807, 2.05) is 0 Å². The van der Waals surface area contributed by atoms with E-state index in [4.69, 9.17) is 10.2 Å². The van der Waals surface area contributed by atoms with Crippen molar-refractivity contribution in [2.75, 3.05) is 0 Å². The van der Waals surface area contributed by atoms with Crippen LogP contribution in [0.25, 0.3) is 0 Å². The van der Waals surface area contributed by atoms with Crippen LogP contribution < -0.4 is 0 Å². The Labute approximate surface area is 104 Å². The number of hydrogen-bond donors (Lipinski definition) is 2. The van der Waals surface area contributed by atoms with Crippen LogP contribution in [0.2, 0.25) is 0 Å². The fourth-order valence-corrected chi connectivity index (χ4v) is 0.333. The predicted molar refractivity (Wildman–Crippen MR) is 62.8 cm³/mol. The Kier molecular flexibility index (Phi) is 16.7. The highest BCUT2D eigenvalue weighted by Gasteiger charge is 1.88. The quantitative estimate of drug-likeness (QED) is 0.344. The minimum absolute atomic E-state index is 0. The normalized spacial score (nSPS) is 8.76. The van der Waals surface area contributed by atoms with Gasteiger partial charge < -0.3 is 14.9 Å². The van der Waals surface area contributed by atoms with Crippen LogP contribution in [0.3, 0.4) is 0 Å². The number of hydrogen-bond acceptors (Lipinski definition) is 4. The van der Waals surface area contributed by atoms with Crippen molar-refractivity contribution in [2.24, 2.45) is 0 Å².